The zero-order valence-corrected chi connectivity index (χ0v) is 13.5. The summed E-state index contributed by atoms with van der Waals surface area (Å²) in [5.41, 5.74) is -0.224. The van der Waals surface area contributed by atoms with Crippen LogP contribution in [0.15, 0.2) is 12.4 Å². The molecule has 1 aromatic heterocycles. The molecule has 1 saturated heterocycles. The van der Waals surface area contributed by atoms with E-state index in [0.717, 1.165) is 45.3 Å². The fourth-order valence-electron chi connectivity index (χ4n) is 2.27. The van der Waals surface area contributed by atoms with Crippen molar-refractivity contribution in [3.8, 4) is 5.75 Å². The Kier molecular flexibility index (Phi) is 5.36. The second-order valence-corrected chi connectivity index (χ2v) is 6.25. The third-order valence-electron chi connectivity index (χ3n) is 3.31. The highest BCUT2D eigenvalue weighted by Gasteiger charge is 2.19. The van der Waals surface area contributed by atoms with E-state index in [1.165, 1.54) is 0 Å². The molecule has 1 fully saturated rings. The van der Waals surface area contributed by atoms with Gasteiger partial charge in [-0.3, -0.25) is 4.90 Å². The van der Waals surface area contributed by atoms with E-state index in [1.54, 1.807) is 19.5 Å². The molecule has 118 valence electrons. The third-order valence-corrected chi connectivity index (χ3v) is 3.31. The Labute approximate surface area is 127 Å². The van der Waals surface area contributed by atoms with Crippen LogP contribution < -0.4 is 9.64 Å². The minimum Gasteiger partial charge on any atom is -0.485 e. The SMILES string of the molecule is COCCN1CCN(c2ncc(OC(C)(C)C)cn2)CC1. The molecular formula is C15H26N4O2. The zero-order chi connectivity index (χ0) is 15.3. The first-order valence-corrected chi connectivity index (χ1v) is 7.45. The van der Waals surface area contributed by atoms with Crippen LogP contribution in [0.4, 0.5) is 5.95 Å². The minimum absolute atomic E-state index is 0.224. The molecule has 6 heteroatoms. The van der Waals surface area contributed by atoms with Crippen molar-refractivity contribution in [1.29, 1.82) is 0 Å². The summed E-state index contributed by atoms with van der Waals surface area (Å²) in [6, 6.07) is 0. The molecule has 0 bridgehead atoms. The largest absolute Gasteiger partial charge is 0.485 e. The summed E-state index contributed by atoms with van der Waals surface area (Å²) in [5.74, 6) is 1.49. The van der Waals surface area contributed by atoms with E-state index in [2.05, 4.69) is 19.8 Å². The van der Waals surface area contributed by atoms with Gasteiger partial charge in [-0.05, 0) is 20.8 Å². The van der Waals surface area contributed by atoms with E-state index in [0.29, 0.717) is 5.75 Å². The second kappa shape index (κ2) is 7.04. The number of hydrogen-bond acceptors (Lipinski definition) is 6. The van der Waals surface area contributed by atoms with Crippen molar-refractivity contribution in [2.75, 3.05) is 51.3 Å². The van der Waals surface area contributed by atoms with Gasteiger partial charge in [-0.1, -0.05) is 0 Å². The first kappa shape index (κ1) is 16.0. The highest BCUT2D eigenvalue weighted by molar-refractivity contribution is 5.32. The van der Waals surface area contributed by atoms with Crippen LogP contribution in [0.2, 0.25) is 0 Å². The normalized spacial score (nSPS) is 17.0. The lowest BCUT2D eigenvalue weighted by Gasteiger charge is -2.34. The molecule has 6 nitrogen and oxygen atoms in total. The predicted molar refractivity (Wildman–Crippen MR) is 82.9 cm³/mol. The molecule has 0 aromatic carbocycles. The van der Waals surface area contributed by atoms with Gasteiger partial charge in [0.1, 0.15) is 5.60 Å². The number of nitrogens with zero attached hydrogens (tertiary/aromatic N) is 4. The molecule has 0 amide bonds. The van der Waals surface area contributed by atoms with Gasteiger partial charge in [0.05, 0.1) is 19.0 Å². The Morgan fingerprint density at radius 3 is 2.24 bits per heavy atom. The van der Waals surface area contributed by atoms with Gasteiger partial charge in [-0.25, -0.2) is 9.97 Å². The minimum atomic E-state index is -0.224. The summed E-state index contributed by atoms with van der Waals surface area (Å²) in [6.45, 7) is 11.8. The first-order chi connectivity index (χ1) is 9.98. The first-order valence-electron chi connectivity index (χ1n) is 7.45. The molecule has 1 aromatic rings. The molecule has 0 aliphatic carbocycles. The van der Waals surface area contributed by atoms with Crippen LogP contribution in [-0.2, 0) is 4.74 Å². The van der Waals surface area contributed by atoms with E-state index in [-0.39, 0.29) is 5.60 Å². The maximum Gasteiger partial charge on any atom is 0.225 e. The van der Waals surface area contributed by atoms with E-state index in [1.807, 2.05) is 20.8 Å². The van der Waals surface area contributed by atoms with Gasteiger partial charge in [0.15, 0.2) is 5.75 Å². The molecule has 0 radical (unpaired) electrons. The Balaban J connectivity index is 1.86. The number of hydrogen-bond donors (Lipinski definition) is 0. The van der Waals surface area contributed by atoms with Gasteiger partial charge in [0.25, 0.3) is 0 Å². The summed E-state index contributed by atoms with van der Waals surface area (Å²) in [4.78, 5) is 13.5. The van der Waals surface area contributed by atoms with Crippen LogP contribution >= 0.6 is 0 Å². The standard InChI is InChI=1S/C15H26N4O2/c1-15(2,3)21-13-11-16-14(17-12-13)19-7-5-18(6-8-19)9-10-20-4/h11-12H,5-10H2,1-4H3. The van der Waals surface area contributed by atoms with Crippen molar-refractivity contribution >= 4 is 5.95 Å². The van der Waals surface area contributed by atoms with Gasteiger partial charge in [0, 0.05) is 39.8 Å². The van der Waals surface area contributed by atoms with Gasteiger partial charge in [0.2, 0.25) is 5.95 Å². The smallest absolute Gasteiger partial charge is 0.225 e. The van der Waals surface area contributed by atoms with Gasteiger partial charge in [-0.2, -0.15) is 0 Å². The van der Waals surface area contributed by atoms with Crippen LogP contribution in [-0.4, -0.2) is 66.9 Å². The average molecular weight is 294 g/mol. The Morgan fingerprint density at radius 1 is 1.10 bits per heavy atom. The van der Waals surface area contributed by atoms with Crippen LogP contribution in [0.1, 0.15) is 20.8 Å². The van der Waals surface area contributed by atoms with E-state index in [4.69, 9.17) is 9.47 Å². The van der Waals surface area contributed by atoms with E-state index < -0.39 is 0 Å². The topological polar surface area (TPSA) is 50.7 Å². The van der Waals surface area contributed by atoms with Crippen molar-refractivity contribution in [2.45, 2.75) is 26.4 Å². The van der Waals surface area contributed by atoms with Crippen LogP contribution in [0.5, 0.6) is 5.75 Å². The number of piperazine rings is 1. The quantitative estimate of drug-likeness (QED) is 0.819. The number of aromatic nitrogens is 2. The summed E-state index contributed by atoms with van der Waals surface area (Å²) in [5, 5.41) is 0. The third kappa shape index (κ3) is 5.13. The summed E-state index contributed by atoms with van der Waals surface area (Å²) in [6.07, 6.45) is 3.51. The van der Waals surface area contributed by atoms with Crippen LogP contribution in [0.3, 0.4) is 0 Å². The predicted octanol–water partition coefficient (Wildman–Crippen LogP) is 1.42. The molecule has 2 rings (SSSR count). The molecule has 2 heterocycles. The molecule has 0 N–H and O–H groups in total. The maximum absolute atomic E-state index is 5.74. The highest BCUT2D eigenvalue weighted by atomic mass is 16.5. The highest BCUT2D eigenvalue weighted by Crippen LogP contribution is 2.18. The number of anilines is 1. The summed E-state index contributed by atoms with van der Waals surface area (Å²) < 4.78 is 10.9. The van der Waals surface area contributed by atoms with E-state index >= 15 is 0 Å². The summed E-state index contributed by atoms with van der Waals surface area (Å²) in [7, 11) is 1.74. The van der Waals surface area contributed by atoms with Crippen molar-refractivity contribution in [1.82, 2.24) is 14.9 Å². The molecular weight excluding hydrogens is 268 g/mol. The molecule has 21 heavy (non-hydrogen) atoms. The van der Waals surface area contributed by atoms with Gasteiger partial charge >= 0.3 is 0 Å². The van der Waals surface area contributed by atoms with Crippen molar-refractivity contribution in [3.05, 3.63) is 12.4 Å². The molecule has 0 atom stereocenters. The number of ether oxygens (including phenoxy) is 2. The van der Waals surface area contributed by atoms with Crippen LogP contribution in [0, 0.1) is 0 Å². The fraction of sp³-hybridized carbons (Fsp3) is 0.733. The number of rotatable bonds is 5. The van der Waals surface area contributed by atoms with Gasteiger partial charge in [-0.15, -0.1) is 0 Å². The Hall–Kier alpha value is -1.40. The Morgan fingerprint density at radius 2 is 1.71 bits per heavy atom. The molecule has 1 aliphatic rings. The van der Waals surface area contributed by atoms with Crippen LogP contribution in [0.25, 0.3) is 0 Å². The molecule has 1 aliphatic heterocycles. The molecule has 0 unspecified atom stereocenters. The zero-order valence-electron chi connectivity index (χ0n) is 13.5. The van der Waals surface area contributed by atoms with Crippen molar-refractivity contribution in [3.63, 3.8) is 0 Å². The average Bonchev–Trinajstić information content (AvgIpc) is 2.45. The maximum atomic E-state index is 5.74. The lowest BCUT2D eigenvalue weighted by Crippen LogP contribution is -2.47. The fourth-order valence-corrected chi connectivity index (χ4v) is 2.27. The molecule has 0 saturated carbocycles. The monoisotopic (exact) mass is 294 g/mol. The summed E-state index contributed by atoms with van der Waals surface area (Å²) >= 11 is 0. The van der Waals surface area contributed by atoms with E-state index in [9.17, 15) is 0 Å². The lowest BCUT2D eigenvalue weighted by molar-refractivity contribution is 0.129. The molecule has 0 spiro atoms. The Bertz CT molecular complexity index is 422. The lowest BCUT2D eigenvalue weighted by atomic mass is 10.2. The van der Waals surface area contributed by atoms with Crippen molar-refractivity contribution < 1.29 is 9.47 Å². The van der Waals surface area contributed by atoms with Gasteiger partial charge < -0.3 is 14.4 Å². The van der Waals surface area contributed by atoms with Crippen molar-refractivity contribution in [2.24, 2.45) is 0 Å². The second-order valence-electron chi connectivity index (χ2n) is 6.25. The number of methoxy groups -OCH3 is 1.